The van der Waals surface area contributed by atoms with Crippen molar-refractivity contribution in [2.75, 3.05) is 43.4 Å². The summed E-state index contributed by atoms with van der Waals surface area (Å²) in [5.74, 6) is -1.15. The molecule has 3 amide bonds. The zero-order chi connectivity index (χ0) is 28.6. The molecule has 0 bridgehead atoms. The molecular weight excluding hydrogens is 565 g/mol. The number of benzene rings is 2. The van der Waals surface area contributed by atoms with Gasteiger partial charge in [0.25, 0.3) is 11.8 Å². The van der Waals surface area contributed by atoms with Crippen molar-refractivity contribution in [1.29, 1.82) is 0 Å². The van der Waals surface area contributed by atoms with E-state index < -0.39 is 11.8 Å². The number of para-hydroxylation sites is 1. The van der Waals surface area contributed by atoms with Gasteiger partial charge in [-0.1, -0.05) is 43.6 Å². The number of nitrogens with one attached hydrogen (secondary N) is 2. The molecule has 1 fully saturated rings. The molecule has 1 atom stereocenters. The first-order valence-corrected chi connectivity index (χ1v) is 13.9. The van der Waals surface area contributed by atoms with Gasteiger partial charge in [0.15, 0.2) is 0 Å². The fourth-order valence-corrected chi connectivity index (χ4v) is 4.93. The minimum absolute atomic E-state index is 0. The predicted molar refractivity (Wildman–Crippen MR) is 163 cm³/mol. The quantitative estimate of drug-likeness (QED) is 0.268. The van der Waals surface area contributed by atoms with Gasteiger partial charge < -0.3 is 25.5 Å². The lowest BCUT2D eigenvalue weighted by atomic mass is 9.89. The van der Waals surface area contributed by atoms with E-state index in [4.69, 9.17) is 11.6 Å². The van der Waals surface area contributed by atoms with E-state index in [1.165, 1.54) is 24.4 Å². The second-order valence-electron chi connectivity index (χ2n) is 9.64. The number of carbonyl (C=O) groups excluding carboxylic acids is 3. The monoisotopic (exact) mass is 599 g/mol. The molecule has 9 nitrogen and oxygen atoms in total. The summed E-state index contributed by atoms with van der Waals surface area (Å²) in [4.78, 5) is 47.5. The van der Waals surface area contributed by atoms with Crippen LogP contribution in [0.4, 0.5) is 11.5 Å². The number of rotatable bonds is 10. The number of nitrogens with zero attached hydrogens (tertiary/aromatic N) is 3. The van der Waals surface area contributed by atoms with Crippen molar-refractivity contribution in [2.45, 2.75) is 32.6 Å². The Morgan fingerprint density at radius 3 is 2.44 bits per heavy atom. The number of carbonyl (C=O) groups is 3. The molecule has 2 heterocycles. The first kappa shape index (κ1) is 31.9. The number of halogens is 2. The lowest BCUT2D eigenvalue weighted by Gasteiger charge is -2.34. The third kappa shape index (κ3) is 7.97. The SMILES string of the molecule is CCN(CC)CCN1CCCC(c2ccc(C(=O)Nc3c(O)cccc3C(=O)Nc3ccc(Cl)cn3)cc2)C1=O.Cl. The normalized spacial score (nSPS) is 14.9. The summed E-state index contributed by atoms with van der Waals surface area (Å²) >= 11 is 5.85. The van der Waals surface area contributed by atoms with Crippen LogP contribution in [0.2, 0.25) is 5.02 Å². The topological polar surface area (TPSA) is 115 Å². The maximum Gasteiger partial charge on any atom is 0.259 e. The van der Waals surface area contributed by atoms with Crippen LogP contribution in [0.15, 0.2) is 60.8 Å². The number of anilines is 2. The third-order valence-corrected chi connectivity index (χ3v) is 7.40. The highest BCUT2D eigenvalue weighted by Gasteiger charge is 2.30. The number of piperidine rings is 1. The molecule has 1 aliphatic heterocycles. The van der Waals surface area contributed by atoms with Crippen LogP contribution < -0.4 is 10.6 Å². The summed E-state index contributed by atoms with van der Waals surface area (Å²) < 4.78 is 0. The van der Waals surface area contributed by atoms with Crippen molar-refractivity contribution >= 4 is 53.2 Å². The van der Waals surface area contributed by atoms with E-state index in [2.05, 4.69) is 34.4 Å². The number of aromatic nitrogens is 1. The zero-order valence-electron chi connectivity index (χ0n) is 23.1. The van der Waals surface area contributed by atoms with Crippen molar-refractivity contribution in [3.8, 4) is 5.75 Å². The Hall–Kier alpha value is -3.66. The molecule has 2 aromatic carbocycles. The van der Waals surface area contributed by atoms with Crippen LogP contribution in [-0.4, -0.2) is 70.3 Å². The second-order valence-corrected chi connectivity index (χ2v) is 10.1. The van der Waals surface area contributed by atoms with E-state index in [0.29, 0.717) is 17.1 Å². The number of likely N-dealkylation sites (tertiary alicyclic amines) is 1. The van der Waals surface area contributed by atoms with Gasteiger partial charge in [-0.3, -0.25) is 14.4 Å². The highest BCUT2D eigenvalue weighted by molar-refractivity contribution is 6.30. The summed E-state index contributed by atoms with van der Waals surface area (Å²) in [5.41, 5.74) is 1.25. The van der Waals surface area contributed by atoms with E-state index in [-0.39, 0.29) is 47.1 Å². The Bertz CT molecular complexity index is 1350. The average Bonchev–Trinajstić information content (AvgIpc) is 2.96. The Kier molecular flexibility index (Phi) is 11.5. The summed E-state index contributed by atoms with van der Waals surface area (Å²) in [6.45, 7) is 8.48. The molecule has 0 saturated carbocycles. The molecule has 1 aromatic heterocycles. The fraction of sp³-hybridized carbons (Fsp3) is 0.333. The highest BCUT2D eigenvalue weighted by atomic mass is 35.5. The number of aromatic hydroxyl groups is 1. The Balaban J connectivity index is 0.00000462. The van der Waals surface area contributed by atoms with E-state index in [1.807, 2.05) is 4.90 Å². The minimum Gasteiger partial charge on any atom is -0.506 e. The summed E-state index contributed by atoms with van der Waals surface area (Å²) in [6, 6.07) is 14.4. The molecule has 1 aliphatic rings. The van der Waals surface area contributed by atoms with Gasteiger partial charge in [-0.15, -0.1) is 12.4 Å². The number of phenols is 1. The highest BCUT2D eigenvalue weighted by Crippen LogP contribution is 2.30. The molecule has 11 heteroatoms. The largest absolute Gasteiger partial charge is 0.506 e. The zero-order valence-corrected chi connectivity index (χ0v) is 24.7. The molecular formula is C30H35Cl2N5O4. The van der Waals surface area contributed by atoms with Crippen molar-refractivity contribution in [3.63, 3.8) is 0 Å². The Morgan fingerprint density at radius 1 is 1.05 bits per heavy atom. The van der Waals surface area contributed by atoms with E-state index in [0.717, 1.165) is 44.6 Å². The number of phenolic OH excluding ortho intramolecular Hbond substituents is 1. The van der Waals surface area contributed by atoms with Gasteiger partial charge in [-0.25, -0.2) is 4.98 Å². The number of likely N-dealkylation sites (N-methyl/N-ethyl adjacent to an activating group) is 1. The van der Waals surface area contributed by atoms with Crippen LogP contribution in [0.3, 0.4) is 0 Å². The number of amides is 3. The molecule has 41 heavy (non-hydrogen) atoms. The third-order valence-electron chi connectivity index (χ3n) is 7.18. The summed E-state index contributed by atoms with van der Waals surface area (Å²) in [5, 5.41) is 16.2. The summed E-state index contributed by atoms with van der Waals surface area (Å²) in [7, 11) is 0. The minimum atomic E-state index is -0.558. The smallest absolute Gasteiger partial charge is 0.259 e. The summed E-state index contributed by atoms with van der Waals surface area (Å²) in [6.07, 6.45) is 3.10. The van der Waals surface area contributed by atoms with Crippen LogP contribution in [-0.2, 0) is 4.79 Å². The van der Waals surface area contributed by atoms with Crippen molar-refractivity contribution < 1.29 is 19.5 Å². The van der Waals surface area contributed by atoms with Crippen molar-refractivity contribution in [2.24, 2.45) is 0 Å². The van der Waals surface area contributed by atoms with E-state index >= 15 is 0 Å². The van der Waals surface area contributed by atoms with E-state index in [9.17, 15) is 19.5 Å². The van der Waals surface area contributed by atoms with E-state index in [1.54, 1.807) is 36.4 Å². The average molecular weight is 601 g/mol. The first-order valence-electron chi connectivity index (χ1n) is 13.5. The Labute approximate surface area is 251 Å². The molecule has 3 N–H and O–H groups in total. The maximum atomic E-state index is 13.2. The second kappa shape index (κ2) is 14.8. The number of pyridine rings is 1. The van der Waals surface area contributed by atoms with Gasteiger partial charge in [-0.05, 0) is 67.9 Å². The standard InChI is InChI=1S/C30H34ClN5O4.ClH/c1-3-35(4-2)17-18-36-16-6-8-23(30(36)40)20-10-12-21(13-11-20)28(38)34-27-24(7-5-9-25(27)37)29(39)33-26-15-14-22(31)19-32-26;/h5,7,9-15,19,23,37H,3-4,6,8,16-18H2,1-2H3,(H,34,38)(H,32,33,39);1H. The fourth-order valence-electron chi connectivity index (χ4n) is 4.82. The first-order chi connectivity index (χ1) is 19.3. The van der Waals surface area contributed by atoms with Crippen LogP contribution in [0.1, 0.15) is 58.9 Å². The molecule has 3 aromatic rings. The molecule has 1 unspecified atom stereocenters. The predicted octanol–water partition coefficient (Wildman–Crippen LogP) is 5.41. The van der Waals surface area contributed by atoms with Gasteiger partial charge >= 0.3 is 0 Å². The van der Waals surface area contributed by atoms with Gasteiger partial charge in [0, 0.05) is 31.4 Å². The van der Waals surface area contributed by atoms with Gasteiger partial charge in [0.2, 0.25) is 5.91 Å². The number of hydrogen-bond donors (Lipinski definition) is 3. The van der Waals surface area contributed by atoms with Crippen molar-refractivity contribution in [1.82, 2.24) is 14.8 Å². The molecule has 0 spiro atoms. The van der Waals surface area contributed by atoms with Gasteiger partial charge in [-0.2, -0.15) is 0 Å². The molecule has 218 valence electrons. The van der Waals surface area contributed by atoms with Crippen LogP contribution in [0.5, 0.6) is 5.75 Å². The number of hydrogen-bond acceptors (Lipinski definition) is 6. The molecule has 4 rings (SSSR count). The lowest BCUT2D eigenvalue weighted by Crippen LogP contribution is -2.44. The van der Waals surface area contributed by atoms with Crippen molar-refractivity contribution in [3.05, 3.63) is 82.5 Å². The van der Waals surface area contributed by atoms with Crippen LogP contribution in [0.25, 0.3) is 0 Å². The van der Waals surface area contributed by atoms with Crippen LogP contribution >= 0.6 is 24.0 Å². The molecule has 1 saturated heterocycles. The van der Waals surface area contributed by atoms with Gasteiger partial charge in [0.05, 0.1) is 22.2 Å². The van der Waals surface area contributed by atoms with Crippen LogP contribution in [0, 0.1) is 0 Å². The molecule has 0 radical (unpaired) electrons. The molecule has 0 aliphatic carbocycles. The Morgan fingerprint density at radius 2 is 1.78 bits per heavy atom. The van der Waals surface area contributed by atoms with Gasteiger partial charge in [0.1, 0.15) is 11.6 Å². The maximum absolute atomic E-state index is 13.2. The lowest BCUT2D eigenvalue weighted by molar-refractivity contribution is -0.135.